The number of amides is 2. The van der Waals surface area contributed by atoms with E-state index in [1.165, 1.54) is 6.21 Å². The van der Waals surface area contributed by atoms with E-state index < -0.39 is 6.03 Å². The maximum absolute atomic E-state index is 12.7. The molecule has 0 fully saturated rings. The van der Waals surface area contributed by atoms with Crippen LogP contribution in [0.15, 0.2) is 53.4 Å². The predicted octanol–water partition coefficient (Wildman–Crippen LogP) is 3.37. The lowest BCUT2D eigenvalue weighted by molar-refractivity contribution is 0.210. The number of carbonyl (C=O) groups is 1. The van der Waals surface area contributed by atoms with Gasteiger partial charge >= 0.3 is 6.03 Å². The summed E-state index contributed by atoms with van der Waals surface area (Å²) in [5.41, 5.74) is 10.8. The number of hydrogen-bond acceptors (Lipinski definition) is 8. The monoisotopic (exact) mass is 422 g/mol. The molecule has 1 aliphatic heterocycles. The number of rotatable bonds is 7. The number of nitrogens with one attached hydrogen (secondary N) is 6. The summed E-state index contributed by atoms with van der Waals surface area (Å²) in [6.45, 7) is 1.36. The van der Waals surface area contributed by atoms with Crippen LogP contribution >= 0.6 is 0 Å². The Morgan fingerprint density at radius 1 is 1.35 bits per heavy atom. The highest BCUT2D eigenvalue weighted by Crippen LogP contribution is 2.25. The fraction of sp³-hybridized carbons (Fsp3) is 0.286. The van der Waals surface area contributed by atoms with Crippen molar-refractivity contribution in [3.05, 3.63) is 65.1 Å². The van der Waals surface area contributed by atoms with E-state index in [1.807, 2.05) is 30.3 Å². The lowest BCUT2D eigenvalue weighted by atomic mass is 10.0. The van der Waals surface area contributed by atoms with Gasteiger partial charge in [-0.2, -0.15) is 5.11 Å². The van der Waals surface area contributed by atoms with Crippen LogP contribution in [0.1, 0.15) is 29.3 Å². The number of pyridine rings is 1. The minimum atomic E-state index is -0.429. The molecule has 1 atom stereocenters. The molecule has 3 rings (SSSR count). The summed E-state index contributed by atoms with van der Waals surface area (Å²) in [6, 6.07) is 10.4. The van der Waals surface area contributed by atoms with Gasteiger partial charge in [0.15, 0.2) is 0 Å². The van der Waals surface area contributed by atoms with Crippen molar-refractivity contribution in [3.63, 3.8) is 0 Å². The zero-order chi connectivity index (χ0) is 22.1. The van der Waals surface area contributed by atoms with E-state index in [1.54, 1.807) is 19.4 Å². The van der Waals surface area contributed by atoms with Crippen molar-refractivity contribution in [2.75, 3.05) is 30.9 Å². The molecule has 1 aliphatic rings. The van der Waals surface area contributed by atoms with Crippen LogP contribution in [-0.2, 0) is 11.3 Å². The molecule has 162 valence electrons. The second-order valence-electron chi connectivity index (χ2n) is 6.88. The Morgan fingerprint density at radius 3 is 2.87 bits per heavy atom. The maximum atomic E-state index is 12.7. The van der Waals surface area contributed by atoms with E-state index in [2.05, 4.69) is 31.4 Å². The van der Waals surface area contributed by atoms with Crippen LogP contribution in [0.2, 0.25) is 0 Å². The Morgan fingerprint density at radius 2 is 2.16 bits per heavy atom. The van der Waals surface area contributed by atoms with Crippen LogP contribution in [0.25, 0.3) is 0 Å². The standard InChI is InChI=1S/C21H26N8O2/c1-31-8-7-25-20-15(11-22)9-19-26-18(20)13-24-12-16(29-23)10-17(27-21(30)28-19)14-5-3-2-4-6-14/h2-6,9,11-12,17,22-25H,7-8,10,13H2,1H3,(H2,26,27,28,30)/b16-12-,22-11?,29-23?. The number of aromatic nitrogens is 1. The third-order valence-electron chi connectivity index (χ3n) is 4.73. The first-order chi connectivity index (χ1) is 15.1. The summed E-state index contributed by atoms with van der Waals surface area (Å²) in [5, 5.41) is 23.5. The smallest absolute Gasteiger partial charge is 0.320 e. The topological polar surface area (TPSA) is 147 Å². The number of ether oxygens (including phenoxy) is 1. The van der Waals surface area contributed by atoms with Crippen molar-refractivity contribution < 1.29 is 9.53 Å². The summed E-state index contributed by atoms with van der Waals surface area (Å²) in [4.78, 5) is 17.3. The van der Waals surface area contributed by atoms with E-state index in [-0.39, 0.29) is 6.04 Å². The molecule has 2 bridgehead atoms. The molecular weight excluding hydrogens is 396 g/mol. The summed E-state index contributed by atoms with van der Waals surface area (Å²) < 4.78 is 5.09. The average Bonchev–Trinajstić information content (AvgIpc) is 2.78. The quantitative estimate of drug-likeness (QED) is 0.230. The van der Waals surface area contributed by atoms with Crippen molar-refractivity contribution in [2.45, 2.75) is 19.0 Å². The van der Waals surface area contributed by atoms with E-state index >= 15 is 0 Å². The van der Waals surface area contributed by atoms with Crippen LogP contribution in [-0.4, -0.2) is 37.5 Å². The van der Waals surface area contributed by atoms with Crippen LogP contribution in [0.4, 0.5) is 16.3 Å². The molecule has 10 nitrogen and oxygen atoms in total. The highest BCUT2D eigenvalue weighted by atomic mass is 16.5. The van der Waals surface area contributed by atoms with Crippen LogP contribution in [0.5, 0.6) is 0 Å². The Labute approximate surface area is 180 Å². The molecule has 0 radical (unpaired) electrons. The Kier molecular flexibility index (Phi) is 7.66. The molecule has 0 saturated carbocycles. The zero-order valence-corrected chi connectivity index (χ0v) is 17.2. The fourth-order valence-electron chi connectivity index (χ4n) is 3.27. The van der Waals surface area contributed by atoms with Gasteiger partial charge in [0.2, 0.25) is 0 Å². The molecule has 1 aromatic carbocycles. The summed E-state index contributed by atoms with van der Waals surface area (Å²) in [7, 11) is 1.61. The van der Waals surface area contributed by atoms with Crippen molar-refractivity contribution in [3.8, 4) is 0 Å². The van der Waals surface area contributed by atoms with E-state index in [0.717, 1.165) is 5.56 Å². The van der Waals surface area contributed by atoms with E-state index in [4.69, 9.17) is 15.7 Å². The first-order valence-corrected chi connectivity index (χ1v) is 9.84. The number of hydrogen-bond donors (Lipinski definition) is 6. The molecule has 0 spiro atoms. The van der Waals surface area contributed by atoms with Gasteiger partial charge in [-0.3, -0.25) is 5.32 Å². The van der Waals surface area contributed by atoms with Crippen molar-refractivity contribution in [1.29, 1.82) is 10.9 Å². The van der Waals surface area contributed by atoms with E-state index in [0.29, 0.717) is 54.6 Å². The average molecular weight is 422 g/mol. The molecule has 6 N–H and O–H groups in total. The molecule has 2 heterocycles. The minimum absolute atomic E-state index is 0.322. The number of urea groups is 1. The highest BCUT2D eigenvalue weighted by Gasteiger charge is 2.19. The van der Waals surface area contributed by atoms with Gasteiger partial charge in [0.1, 0.15) is 5.82 Å². The lowest BCUT2D eigenvalue weighted by Gasteiger charge is -2.21. The normalized spacial score (nSPS) is 18.0. The molecule has 0 aliphatic carbocycles. The van der Waals surface area contributed by atoms with Crippen molar-refractivity contribution in [1.82, 2.24) is 15.6 Å². The van der Waals surface area contributed by atoms with Gasteiger partial charge in [0.05, 0.1) is 36.3 Å². The molecule has 2 aromatic rings. The molecule has 2 amide bonds. The van der Waals surface area contributed by atoms with E-state index in [9.17, 15) is 4.79 Å². The molecule has 10 heteroatoms. The largest absolute Gasteiger partial charge is 0.384 e. The summed E-state index contributed by atoms with van der Waals surface area (Å²) >= 11 is 0. The third kappa shape index (κ3) is 5.86. The Hall–Kier alpha value is -3.79. The van der Waals surface area contributed by atoms with Crippen LogP contribution in [0, 0.1) is 10.9 Å². The third-order valence-corrected chi connectivity index (χ3v) is 4.73. The Balaban J connectivity index is 1.95. The van der Waals surface area contributed by atoms with Crippen LogP contribution in [0.3, 0.4) is 0 Å². The number of nitrogens with zero attached hydrogens (tertiary/aromatic N) is 2. The number of anilines is 2. The molecule has 1 unspecified atom stereocenters. The number of benzene rings is 1. The summed E-state index contributed by atoms with van der Waals surface area (Å²) in [5.74, 6) is 0.340. The summed E-state index contributed by atoms with van der Waals surface area (Å²) in [6.07, 6.45) is 3.21. The molecule has 31 heavy (non-hydrogen) atoms. The SMILES string of the molecule is COCCNc1c(C=N)cc2nc1CN/C=C(\N=N)CC(c1ccccc1)NC(=O)N2. The predicted molar refractivity (Wildman–Crippen MR) is 119 cm³/mol. The molecule has 0 saturated heterocycles. The number of carbonyl (C=O) groups excluding carboxylic acids is 1. The van der Waals surface area contributed by atoms with Crippen LogP contribution < -0.4 is 21.3 Å². The molecular formula is C21H26N8O2. The van der Waals surface area contributed by atoms with Gasteiger partial charge in [-0.1, -0.05) is 30.3 Å². The lowest BCUT2D eigenvalue weighted by Crippen LogP contribution is -2.33. The zero-order valence-electron chi connectivity index (χ0n) is 17.2. The first kappa shape index (κ1) is 21.9. The van der Waals surface area contributed by atoms with Crippen molar-refractivity contribution in [2.24, 2.45) is 5.11 Å². The molecule has 1 aromatic heterocycles. The van der Waals surface area contributed by atoms with Gasteiger partial charge in [0, 0.05) is 38.1 Å². The van der Waals surface area contributed by atoms with Gasteiger partial charge in [-0.25, -0.2) is 15.3 Å². The fourth-order valence-corrected chi connectivity index (χ4v) is 3.27. The first-order valence-electron chi connectivity index (χ1n) is 9.84. The number of methoxy groups -OCH3 is 1. The Bertz CT molecular complexity index is 961. The van der Waals surface area contributed by atoms with Gasteiger partial charge in [-0.15, -0.1) is 0 Å². The highest BCUT2D eigenvalue weighted by molar-refractivity contribution is 5.92. The number of fused-ring (bicyclic) bond motifs is 2. The second kappa shape index (κ2) is 10.8. The second-order valence-corrected chi connectivity index (χ2v) is 6.88. The maximum Gasteiger partial charge on any atom is 0.320 e. The van der Waals surface area contributed by atoms with Gasteiger partial charge < -0.3 is 26.1 Å². The minimum Gasteiger partial charge on any atom is -0.384 e. The van der Waals surface area contributed by atoms with Gasteiger partial charge in [0.25, 0.3) is 0 Å². The van der Waals surface area contributed by atoms with Gasteiger partial charge in [-0.05, 0) is 11.6 Å². The van der Waals surface area contributed by atoms with Crippen molar-refractivity contribution >= 4 is 23.8 Å².